The lowest BCUT2D eigenvalue weighted by atomic mass is 10.2. The number of ether oxygens (including phenoxy) is 1. The lowest BCUT2D eigenvalue weighted by Gasteiger charge is -2.08. The summed E-state index contributed by atoms with van der Waals surface area (Å²) >= 11 is 0. The molecule has 2 nitrogen and oxygen atoms in total. The number of benzene rings is 2. The first-order chi connectivity index (χ1) is 9.88. The molecule has 0 bridgehead atoms. The molecular weight excluding hydrogens is 246 g/mol. The van der Waals surface area contributed by atoms with Gasteiger partial charge in [0.25, 0.3) is 0 Å². The second-order valence-corrected chi connectivity index (χ2v) is 4.61. The van der Waals surface area contributed by atoms with E-state index in [0.29, 0.717) is 13.2 Å². The van der Waals surface area contributed by atoms with E-state index in [0.717, 1.165) is 22.2 Å². The van der Waals surface area contributed by atoms with Gasteiger partial charge in [-0.3, -0.25) is 0 Å². The molecule has 0 saturated heterocycles. The number of aromatic nitrogens is 1. The van der Waals surface area contributed by atoms with Crippen molar-refractivity contribution in [3.05, 3.63) is 66.4 Å². The van der Waals surface area contributed by atoms with Gasteiger partial charge < -0.3 is 9.30 Å². The molecule has 3 aromatic rings. The minimum absolute atomic E-state index is 0.570. The minimum atomic E-state index is 0.570. The van der Waals surface area contributed by atoms with Gasteiger partial charge in [0.2, 0.25) is 0 Å². The molecule has 20 heavy (non-hydrogen) atoms. The van der Waals surface area contributed by atoms with Crippen LogP contribution in [0.2, 0.25) is 0 Å². The third kappa shape index (κ3) is 2.39. The van der Waals surface area contributed by atoms with Crippen LogP contribution in [0.25, 0.3) is 10.9 Å². The van der Waals surface area contributed by atoms with Crippen molar-refractivity contribution in [1.29, 1.82) is 0 Å². The molecule has 0 atom stereocenters. The molecule has 0 amide bonds. The van der Waals surface area contributed by atoms with Gasteiger partial charge in [-0.1, -0.05) is 42.3 Å². The third-order valence-electron chi connectivity index (χ3n) is 3.27. The number of hydrogen-bond donors (Lipinski definition) is 0. The molecule has 0 aliphatic rings. The number of fused-ring (bicyclic) bond motifs is 1. The van der Waals surface area contributed by atoms with Crippen LogP contribution < -0.4 is 4.74 Å². The Morgan fingerprint density at radius 1 is 1.00 bits per heavy atom. The Hall–Kier alpha value is -2.66. The number of nitrogens with zero attached hydrogens (tertiary/aromatic N) is 1. The molecule has 0 spiro atoms. The van der Waals surface area contributed by atoms with Crippen molar-refractivity contribution in [2.75, 3.05) is 0 Å². The zero-order valence-corrected chi connectivity index (χ0v) is 11.1. The highest BCUT2D eigenvalue weighted by Gasteiger charge is 2.06. The Balaban J connectivity index is 1.87. The molecule has 0 unspecified atom stereocenters. The quantitative estimate of drug-likeness (QED) is 0.651. The Morgan fingerprint density at radius 3 is 2.65 bits per heavy atom. The van der Waals surface area contributed by atoms with Crippen LogP contribution in [0.4, 0.5) is 0 Å². The van der Waals surface area contributed by atoms with E-state index in [2.05, 4.69) is 24.1 Å². The molecule has 3 rings (SSSR count). The van der Waals surface area contributed by atoms with E-state index in [-0.39, 0.29) is 0 Å². The van der Waals surface area contributed by atoms with Crippen molar-refractivity contribution in [3.63, 3.8) is 0 Å². The molecule has 1 aromatic heterocycles. The summed E-state index contributed by atoms with van der Waals surface area (Å²) in [5, 5.41) is 1.10. The van der Waals surface area contributed by atoms with Crippen molar-refractivity contribution in [2.24, 2.45) is 0 Å². The summed E-state index contributed by atoms with van der Waals surface area (Å²) in [6.45, 7) is 1.14. The van der Waals surface area contributed by atoms with Gasteiger partial charge >= 0.3 is 0 Å². The second-order valence-electron chi connectivity index (χ2n) is 4.61. The van der Waals surface area contributed by atoms with Gasteiger partial charge in [0, 0.05) is 11.6 Å². The lowest BCUT2D eigenvalue weighted by Crippen LogP contribution is -1.96. The van der Waals surface area contributed by atoms with E-state index in [9.17, 15) is 0 Å². The van der Waals surface area contributed by atoms with Crippen molar-refractivity contribution in [1.82, 2.24) is 4.57 Å². The first kappa shape index (κ1) is 12.4. The SMILES string of the molecule is C#CCn1ccc2c(OCc3ccccc3)cccc21. The third-order valence-corrected chi connectivity index (χ3v) is 3.27. The molecule has 98 valence electrons. The topological polar surface area (TPSA) is 14.2 Å². The fourth-order valence-electron chi connectivity index (χ4n) is 2.29. The Labute approximate surface area is 118 Å². The zero-order valence-electron chi connectivity index (χ0n) is 11.1. The predicted molar refractivity (Wildman–Crippen MR) is 81.5 cm³/mol. The van der Waals surface area contributed by atoms with Crippen LogP contribution in [0.1, 0.15) is 5.56 Å². The largest absolute Gasteiger partial charge is 0.488 e. The highest BCUT2D eigenvalue weighted by atomic mass is 16.5. The van der Waals surface area contributed by atoms with Gasteiger partial charge in [-0.15, -0.1) is 6.42 Å². The molecule has 2 heteroatoms. The van der Waals surface area contributed by atoms with Crippen molar-refractivity contribution < 1.29 is 4.74 Å². The summed E-state index contributed by atoms with van der Waals surface area (Å²) in [6.07, 6.45) is 7.38. The number of rotatable bonds is 4. The molecule has 1 heterocycles. The summed E-state index contributed by atoms with van der Waals surface area (Å²) in [7, 11) is 0. The van der Waals surface area contributed by atoms with E-state index < -0.39 is 0 Å². The highest BCUT2D eigenvalue weighted by Crippen LogP contribution is 2.27. The maximum absolute atomic E-state index is 5.93. The Kier molecular flexibility index (Phi) is 3.43. The molecular formula is C18H15NO. The lowest BCUT2D eigenvalue weighted by molar-refractivity contribution is 0.310. The molecule has 0 saturated carbocycles. The average Bonchev–Trinajstić information content (AvgIpc) is 2.91. The van der Waals surface area contributed by atoms with Gasteiger partial charge in [0.1, 0.15) is 12.4 Å². The average molecular weight is 261 g/mol. The molecule has 2 aromatic carbocycles. The van der Waals surface area contributed by atoms with Crippen molar-refractivity contribution in [3.8, 4) is 18.1 Å². The summed E-state index contributed by atoms with van der Waals surface area (Å²) in [6, 6.07) is 18.2. The summed E-state index contributed by atoms with van der Waals surface area (Å²) in [5.41, 5.74) is 2.26. The van der Waals surface area contributed by atoms with Gasteiger partial charge in [-0.2, -0.15) is 0 Å². The van der Waals surface area contributed by atoms with Gasteiger partial charge in [0.05, 0.1) is 12.1 Å². The fraction of sp³-hybridized carbons (Fsp3) is 0.111. The fourth-order valence-corrected chi connectivity index (χ4v) is 2.29. The van der Waals surface area contributed by atoms with Gasteiger partial charge in [-0.25, -0.2) is 0 Å². The number of hydrogen-bond acceptors (Lipinski definition) is 1. The monoisotopic (exact) mass is 261 g/mol. The number of terminal acetylenes is 1. The van der Waals surface area contributed by atoms with E-state index in [1.54, 1.807) is 0 Å². The summed E-state index contributed by atoms with van der Waals surface area (Å²) in [4.78, 5) is 0. The van der Waals surface area contributed by atoms with Crippen LogP contribution >= 0.6 is 0 Å². The molecule has 0 N–H and O–H groups in total. The molecule has 0 aliphatic heterocycles. The van der Waals surface area contributed by atoms with Crippen LogP contribution in [0.5, 0.6) is 5.75 Å². The van der Waals surface area contributed by atoms with E-state index in [4.69, 9.17) is 11.2 Å². The van der Waals surface area contributed by atoms with E-state index >= 15 is 0 Å². The maximum Gasteiger partial charge on any atom is 0.129 e. The van der Waals surface area contributed by atoms with Crippen molar-refractivity contribution in [2.45, 2.75) is 13.2 Å². The summed E-state index contributed by atoms with van der Waals surface area (Å²) < 4.78 is 7.98. The first-order valence-corrected chi connectivity index (χ1v) is 6.56. The Bertz CT molecular complexity index is 750. The van der Waals surface area contributed by atoms with Crippen molar-refractivity contribution >= 4 is 10.9 Å². The van der Waals surface area contributed by atoms with Crippen LogP contribution in [0, 0.1) is 12.3 Å². The minimum Gasteiger partial charge on any atom is -0.488 e. The molecule has 0 aliphatic carbocycles. The summed E-state index contributed by atoms with van der Waals surface area (Å²) in [5.74, 6) is 3.55. The first-order valence-electron chi connectivity index (χ1n) is 6.56. The van der Waals surface area contributed by atoms with Gasteiger partial charge in [-0.05, 0) is 23.8 Å². The van der Waals surface area contributed by atoms with E-state index in [1.807, 2.05) is 47.2 Å². The second kappa shape index (κ2) is 5.54. The maximum atomic E-state index is 5.93. The van der Waals surface area contributed by atoms with E-state index in [1.165, 1.54) is 0 Å². The smallest absolute Gasteiger partial charge is 0.129 e. The molecule has 0 fully saturated rings. The standard InChI is InChI=1S/C18H15NO/c1-2-12-19-13-11-16-17(19)9-6-10-18(16)20-14-15-7-4-3-5-8-15/h1,3-11,13H,12,14H2. The molecule has 0 radical (unpaired) electrons. The van der Waals surface area contributed by atoms with Crippen LogP contribution in [0.15, 0.2) is 60.8 Å². The van der Waals surface area contributed by atoms with Crippen LogP contribution in [-0.4, -0.2) is 4.57 Å². The van der Waals surface area contributed by atoms with Gasteiger partial charge in [0.15, 0.2) is 0 Å². The normalized spacial score (nSPS) is 10.3. The predicted octanol–water partition coefficient (Wildman–Crippen LogP) is 3.85. The van der Waals surface area contributed by atoms with Crippen LogP contribution in [-0.2, 0) is 13.2 Å². The van der Waals surface area contributed by atoms with Crippen LogP contribution in [0.3, 0.4) is 0 Å². The Morgan fingerprint density at radius 2 is 1.85 bits per heavy atom. The highest BCUT2D eigenvalue weighted by molar-refractivity contribution is 5.86. The zero-order chi connectivity index (χ0) is 13.8.